The van der Waals surface area contributed by atoms with E-state index in [0.717, 1.165) is 11.3 Å². The Labute approximate surface area is 128 Å². The third kappa shape index (κ3) is 4.46. The number of nitrogens with one attached hydrogen (secondary N) is 1. The predicted molar refractivity (Wildman–Crippen MR) is 85.4 cm³/mol. The second-order valence-corrected chi connectivity index (χ2v) is 5.18. The van der Waals surface area contributed by atoms with Crippen molar-refractivity contribution in [3.05, 3.63) is 64.9 Å². The normalized spacial score (nSPS) is 10.4. The summed E-state index contributed by atoms with van der Waals surface area (Å²) in [6.45, 7) is 1.14. The van der Waals surface area contributed by atoms with Crippen LogP contribution in [0.15, 0.2) is 48.5 Å². The van der Waals surface area contributed by atoms with E-state index in [4.69, 9.17) is 22.7 Å². The Balaban J connectivity index is 2.21. The van der Waals surface area contributed by atoms with Crippen LogP contribution in [0.2, 0.25) is 5.02 Å². The van der Waals surface area contributed by atoms with E-state index in [0.29, 0.717) is 24.5 Å². The molecule has 0 amide bonds. The summed E-state index contributed by atoms with van der Waals surface area (Å²) in [5.74, 6) is -0.208. The fourth-order valence-electron chi connectivity index (χ4n) is 2.05. The lowest BCUT2D eigenvalue weighted by atomic mass is 10.1. The van der Waals surface area contributed by atoms with Gasteiger partial charge in [0.1, 0.15) is 5.82 Å². The van der Waals surface area contributed by atoms with Crippen LogP contribution >= 0.6 is 11.6 Å². The molecule has 3 N–H and O–H groups in total. The van der Waals surface area contributed by atoms with E-state index < -0.39 is 0 Å². The van der Waals surface area contributed by atoms with Gasteiger partial charge in [-0.05, 0) is 29.8 Å². The van der Waals surface area contributed by atoms with E-state index >= 15 is 0 Å². The Morgan fingerprint density at radius 1 is 1.19 bits per heavy atom. The van der Waals surface area contributed by atoms with Crippen molar-refractivity contribution in [2.75, 3.05) is 11.4 Å². The molecular weight excluding hydrogens is 289 g/mol. The Morgan fingerprint density at radius 3 is 2.52 bits per heavy atom. The molecule has 5 heteroatoms. The number of benzene rings is 2. The van der Waals surface area contributed by atoms with Crippen LogP contribution in [0.3, 0.4) is 0 Å². The number of rotatable bonds is 6. The quantitative estimate of drug-likeness (QED) is 0.630. The van der Waals surface area contributed by atoms with Crippen LogP contribution < -0.4 is 10.6 Å². The number of anilines is 1. The van der Waals surface area contributed by atoms with Crippen LogP contribution in [-0.4, -0.2) is 12.4 Å². The summed E-state index contributed by atoms with van der Waals surface area (Å²) in [6, 6.07) is 14.2. The highest BCUT2D eigenvalue weighted by Crippen LogP contribution is 2.22. The predicted octanol–water partition coefficient (Wildman–Crippen LogP) is 3.81. The van der Waals surface area contributed by atoms with E-state index in [2.05, 4.69) is 4.90 Å². The van der Waals surface area contributed by atoms with Gasteiger partial charge in [0, 0.05) is 30.2 Å². The summed E-state index contributed by atoms with van der Waals surface area (Å²) < 4.78 is 13.1. The molecule has 0 unspecified atom stereocenters. The van der Waals surface area contributed by atoms with Gasteiger partial charge in [-0.25, -0.2) is 4.39 Å². The van der Waals surface area contributed by atoms with E-state index in [1.807, 2.05) is 30.3 Å². The molecule has 0 saturated heterocycles. The van der Waals surface area contributed by atoms with Crippen LogP contribution in [0, 0.1) is 11.2 Å². The highest BCUT2D eigenvalue weighted by Gasteiger charge is 2.10. The average Bonchev–Trinajstić information content (AvgIpc) is 2.46. The van der Waals surface area contributed by atoms with Crippen molar-refractivity contribution in [1.29, 1.82) is 5.41 Å². The first-order valence-electron chi connectivity index (χ1n) is 6.63. The number of hydrogen-bond donors (Lipinski definition) is 2. The lowest BCUT2D eigenvalue weighted by Gasteiger charge is -2.25. The monoisotopic (exact) mass is 305 g/mol. The summed E-state index contributed by atoms with van der Waals surface area (Å²) >= 11 is 6.09. The van der Waals surface area contributed by atoms with E-state index in [-0.39, 0.29) is 11.7 Å². The highest BCUT2D eigenvalue weighted by atomic mass is 35.5. The SMILES string of the molecule is N=C(N)CCN(Cc1ccc(F)cc1Cl)c1ccccc1. The molecule has 0 heterocycles. The second-order valence-electron chi connectivity index (χ2n) is 4.77. The molecule has 0 bridgehead atoms. The van der Waals surface area contributed by atoms with Gasteiger partial charge in [0.25, 0.3) is 0 Å². The Hall–Kier alpha value is -2.07. The zero-order valence-corrected chi connectivity index (χ0v) is 12.3. The molecule has 0 saturated carbocycles. The lowest BCUT2D eigenvalue weighted by Crippen LogP contribution is -2.27. The second kappa shape index (κ2) is 7.09. The molecule has 2 aromatic rings. The van der Waals surface area contributed by atoms with Gasteiger partial charge in [-0.15, -0.1) is 0 Å². The van der Waals surface area contributed by atoms with Crippen LogP contribution in [0.25, 0.3) is 0 Å². The molecule has 21 heavy (non-hydrogen) atoms. The van der Waals surface area contributed by atoms with Gasteiger partial charge in [-0.2, -0.15) is 0 Å². The van der Waals surface area contributed by atoms with Crippen LogP contribution in [0.4, 0.5) is 10.1 Å². The number of para-hydroxylation sites is 1. The molecular formula is C16H17ClFN3. The zero-order chi connectivity index (χ0) is 15.2. The minimum atomic E-state index is -0.348. The molecule has 0 radical (unpaired) electrons. The first-order valence-corrected chi connectivity index (χ1v) is 7.01. The minimum Gasteiger partial charge on any atom is -0.388 e. The minimum absolute atomic E-state index is 0.140. The molecule has 3 nitrogen and oxygen atoms in total. The van der Waals surface area contributed by atoms with Gasteiger partial charge in [-0.1, -0.05) is 35.9 Å². The van der Waals surface area contributed by atoms with E-state index in [1.165, 1.54) is 12.1 Å². The highest BCUT2D eigenvalue weighted by molar-refractivity contribution is 6.31. The van der Waals surface area contributed by atoms with Gasteiger partial charge in [0.05, 0.1) is 5.84 Å². The molecule has 110 valence electrons. The van der Waals surface area contributed by atoms with Gasteiger partial charge in [0.2, 0.25) is 0 Å². The standard InChI is InChI=1S/C16H17ClFN3/c17-15-10-13(18)7-6-12(15)11-21(9-8-16(19)20)14-4-2-1-3-5-14/h1-7,10H,8-9,11H2,(H3,19,20). The average molecular weight is 306 g/mol. The zero-order valence-electron chi connectivity index (χ0n) is 11.5. The Morgan fingerprint density at radius 2 is 1.90 bits per heavy atom. The van der Waals surface area contributed by atoms with Crippen molar-refractivity contribution in [1.82, 2.24) is 0 Å². The fourth-order valence-corrected chi connectivity index (χ4v) is 2.28. The third-order valence-electron chi connectivity index (χ3n) is 3.15. The van der Waals surface area contributed by atoms with E-state index in [9.17, 15) is 4.39 Å². The maximum atomic E-state index is 13.1. The molecule has 0 aliphatic carbocycles. The third-order valence-corrected chi connectivity index (χ3v) is 3.50. The number of nitrogens with zero attached hydrogens (tertiary/aromatic N) is 1. The first-order chi connectivity index (χ1) is 10.1. The molecule has 0 aliphatic rings. The Kier molecular flexibility index (Phi) is 5.17. The number of halogens is 2. The Bertz CT molecular complexity index is 616. The topological polar surface area (TPSA) is 53.1 Å². The fraction of sp³-hybridized carbons (Fsp3) is 0.188. The van der Waals surface area contributed by atoms with Crippen molar-refractivity contribution >= 4 is 23.1 Å². The summed E-state index contributed by atoms with van der Waals surface area (Å²) in [7, 11) is 0. The molecule has 0 aromatic heterocycles. The van der Waals surface area contributed by atoms with Gasteiger partial charge in [-0.3, -0.25) is 5.41 Å². The van der Waals surface area contributed by atoms with Crippen molar-refractivity contribution in [3.63, 3.8) is 0 Å². The van der Waals surface area contributed by atoms with E-state index in [1.54, 1.807) is 6.07 Å². The maximum absolute atomic E-state index is 13.1. The first kappa shape index (κ1) is 15.3. The summed E-state index contributed by atoms with van der Waals surface area (Å²) in [5, 5.41) is 7.78. The number of amidine groups is 1. The summed E-state index contributed by atoms with van der Waals surface area (Å²) in [5.41, 5.74) is 7.29. The molecule has 2 rings (SSSR count). The number of nitrogens with two attached hydrogens (primary N) is 1. The molecule has 0 spiro atoms. The van der Waals surface area contributed by atoms with Crippen molar-refractivity contribution < 1.29 is 4.39 Å². The van der Waals surface area contributed by atoms with Crippen LogP contribution in [-0.2, 0) is 6.54 Å². The summed E-state index contributed by atoms with van der Waals surface area (Å²) in [6.07, 6.45) is 0.466. The molecule has 0 fully saturated rings. The van der Waals surface area contributed by atoms with Crippen LogP contribution in [0.1, 0.15) is 12.0 Å². The van der Waals surface area contributed by atoms with Crippen molar-refractivity contribution in [3.8, 4) is 0 Å². The van der Waals surface area contributed by atoms with Gasteiger partial charge in [0.15, 0.2) is 0 Å². The lowest BCUT2D eigenvalue weighted by molar-refractivity contribution is 0.626. The summed E-state index contributed by atoms with van der Waals surface area (Å²) in [4.78, 5) is 2.07. The smallest absolute Gasteiger partial charge is 0.124 e. The van der Waals surface area contributed by atoms with Gasteiger partial charge >= 0.3 is 0 Å². The molecule has 2 aromatic carbocycles. The maximum Gasteiger partial charge on any atom is 0.124 e. The number of hydrogen-bond acceptors (Lipinski definition) is 2. The van der Waals surface area contributed by atoms with Crippen molar-refractivity contribution in [2.45, 2.75) is 13.0 Å². The van der Waals surface area contributed by atoms with Gasteiger partial charge < -0.3 is 10.6 Å². The molecule has 0 aliphatic heterocycles. The largest absolute Gasteiger partial charge is 0.388 e. The van der Waals surface area contributed by atoms with Crippen LogP contribution in [0.5, 0.6) is 0 Å². The molecule has 0 atom stereocenters. The van der Waals surface area contributed by atoms with Crippen molar-refractivity contribution in [2.24, 2.45) is 5.73 Å².